The van der Waals surface area contributed by atoms with Crippen molar-refractivity contribution >= 4 is 37.6 Å². The molecule has 0 fully saturated rings. The number of rotatable bonds is 1. The van der Waals surface area contributed by atoms with Crippen LogP contribution in [-0.4, -0.2) is 16.1 Å². The number of alkyl halides is 2. The monoisotopic (exact) mass is 318 g/mol. The van der Waals surface area contributed by atoms with E-state index in [1.54, 1.807) is 13.2 Å². The number of hydrogen-bond acceptors (Lipinski definition) is 2. The molecule has 0 spiro atoms. The number of Topliss-reactive ketones (excluding diaryl/α,β-unsaturated/α-hetero) is 1. The van der Waals surface area contributed by atoms with E-state index in [4.69, 9.17) is 4.74 Å². The molecule has 0 bridgehead atoms. The van der Waals surface area contributed by atoms with Crippen molar-refractivity contribution in [3.05, 3.63) is 29.3 Å². The Hall–Kier alpha value is -0.350. The molecule has 2 rings (SSSR count). The van der Waals surface area contributed by atoms with Gasteiger partial charge in [0, 0.05) is 12.0 Å². The first-order valence-corrected chi connectivity index (χ1v) is 5.73. The van der Waals surface area contributed by atoms with Crippen molar-refractivity contribution in [2.24, 2.45) is 0 Å². The predicted octanol–water partition coefficient (Wildman–Crippen LogP) is 2.92. The summed E-state index contributed by atoms with van der Waals surface area (Å²) in [6.45, 7) is 0. The van der Waals surface area contributed by atoms with Crippen LogP contribution in [0.25, 0.3) is 0 Å². The summed E-state index contributed by atoms with van der Waals surface area (Å²) < 4.78 is 4.46. The Morgan fingerprint density at radius 3 is 2.79 bits per heavy atom. The van der Waals surface area contributed by atoms with Crippen LogP contribution in [0.3, 0.4) is 0 Å². The zero-order valence-electron chi connectivity index (χ0n) is 7.51. The smallest absolute Gasteiger partial charge is 0.190 e. The lowest BCUT2D eigenvalue weighted by atomic mass is 10.1. The van der Waals surface area contributed by atoms with Crippen molar-refractivity contribution in [3.8, 4) is 5.75 Å². The van der Waals surface area contributed by atoms with Crippen LogP contribution < -0.4 is 4.74 Å². The summed E-state index contributed by atoms with van der Waals surface area (Å²) in [7, 11) is 1.59. The lowest BCUT2D eigenvalue weighted by Crippen LogP contribution is -2.19. The Morgan fingerprint density at radius 1 is 1.43 bits per heavy atom. The summed E-state index contributed by atoms with van der Waals surface area (Å²) in [5.74, 6) is 0.779. The highest BCUT2D eigenvalue weighted by atomic mass is 79.9. The van der Waals surface area contributed by atoms with Gasteiger partial charge < -0.3 is 4.74 Å². The van der Waals surface area contributed by atoms with Crippen LogP contribution >= 0.6 is 31.9 Å². The van der Waals surface area contributed by atoms with Gasteiger partial charge in [-0.15, -0.1) is 0 Å². The Labute approximate surface area is 98.9 Å². The Kier molecular flexibility index (Phi) is 2.43. The average Bonchev–Trinajstić information content (AvgIpc) is 2.38. The summed E-state index contributed by atoms with van der Waals surface area (Å²) in [5.41, 5.74) is 1.78. The number of ketones is 1. The van der Waals surface area contributed by atoms with Crippen molar-refractivity contribution in [2.45, 2.75) is 9.65 Å². The minimum absolute atomic E-state index is 0.0615. The molecular weight excluding hydrogens is 312 g/mol. The standard InChI is InChI=1S/C10H8Br2O2/c1-14-7-3-2-6-5-10(11,12)9(13)8(6)4-7/h2-4H,5H2,1H3. The largest absolute Gasteiger partial charge is 0.497 e. The zero-order valence-corrected chi connectivity index (χ0v) is 10.7. The maximum absolute atomic E-state index is 11.8. The van der Waals surface area contributed by atoms with Crippen molar-refractivity contribution in [3.63, 3.8) is 0 Å². The molecule has 0 aromatic heterocycles. The van der Waals surface area contributed by atoms with E-state index < -0.39 is 3.23 Å². The normalized spacial score (nSPS) is 18.1. The highest BCUT2D eigenvalue weighted by Gasteiger charge is 2.41. The van der Waals surface area contributed by atoms with Crippen LogP contribution in [0.15, 0.2) is 18.2 Å². The van der Waals surface area contributed by atoms with Crippen molar-refractivity contribution < 1.29 is 9.53 Å². The van der Waals surface area contributed by atoms with Crippen molar-refractivity contribution in [1.29, 1.82) is 0 Å². The number of hydrogen-bond donors (Lipinski definition) is 0. The number of carbonyl (C=O) groups is 1. The topological polar surface area (TPSA) is 26.3 Å². The van der Waals surface area contributed by atoms with Gasteiger partial charge in [0.1, 0.15) is 8.98 Å². The Balaban J connectivity index is 2.51. The fourth-order valence-corrected chi connectivity index (χ4v) is 2.60. The molecule has 2 nitrogen and oxygen atoms in total. The maximum Gasteiger partial charge on any atom is 0.190 e. The summed E-state index contributed by atoms with van der Waals surface area (Å²) in [6, 6.07) is 5.58. The number of benzene rings is 1. The SMILES string of the molecule is COc1ccc2c(c1)C(=O)C(Br)(Br)C2. The van der Waals surface area contributed by atoms with E-state index in [0.717, 1.165) is 16.9 Å². The molecule has 0 heterocycles. The molecule has 1 aliphatic carbocycles. The Bertz CT molecular complexity index is 399. The van der Waals surface area contributed by atoms with E-state index in [9.17, 15) is 4.79 Å². The van der Waals surface area contributed by atoms with Gasteiger partial charge in [0.15, 0.2) is 5.78 Å². The molecule has 0 N–H and O–H groups in total. The van der Waals surface area contributed by atoms with Crippen molar-refractivity contribution in [2.75, 3.05) is 7.11 Å². The molecule has 0 unspecified atom stereocenters. The van der Waals surface area contributed by atoms with Gasteiger partial charge in [0.25, 0.3) is 0 Å². The number of halogens is 2. The number of methoxy groups -OCH3 is 1. The first-order valence-electron chi connectivity index (χ1n) is 4.14. The number of carbonyl (C=O) groups excluding carboxylic acids is 1. The van der Waals surface area contributed by atoms with Crippen LogP contribution in [0, 0.1) is 0 Å². The molecule has 74 valence electrons. The quantitative estimate of drug-likeness (QED) is 0.744. The zero-order chi connectivity index (χ0) is 10.3. The highest BCUT2D eigenvalue weighted by Crippen LogP contribution is 2.42. The van der Waals surface area contributed by atoms with Crippen LogP contribution in [0.5, 0.6) is 5.75 Å². The first kappa shape index (κ1) is 10.2. The lowest BCUT2D eigenvalue weighted by molar-refractivity contribution is 0.0994. The maximum atomic E-state index is 11.8. The fourth-order valence-electron chi connectivity index (χ4n) is 1.56. The minimum Gasteiger partial charge on any atom is -0.497 e. The third-order valence-electron chi connectivity index (χ3n) is 2.31. The van der Waals surface area contributed by atoms with E-state index >= 15 is 0 Å². The molecule has 0 radical (unpaired) electrons. The summed E-state index contributed by atoms with van der Waals surface area (Å²) >= 11 is 6.72. The summed E-state index contributed by atoms with van der Waals surface area (Å²) in [4.78, 5) is 11.8. The molecular formula is C10H8Br2O2. The summed E-state index contributed by atoms with van der Waals surface area (Å²) in [6.07, 6.45) is 0.672. The molecule has 1 aromatic rings. The fraction of sp³-hybridized carbons (Fsp3) is 0.300. The van der Waals surface area contributed by atoms with Gasteiger partial charge in [-0.2, -0.15) is 0 Å². The van der Waals surface area contributed by atoms with Gasteiger partial charge in [-0.3, -0.25) is 4.79 Å². The molecule has 0 aliphatic heterocycles. The molecule has 0 amide bonds. The summed E-state index contributed by atoms with van der Waals surface area (Å²) in [5, 5.41) is 0. The lowest BCUT2D eigenvalue weighted by Gasteiger charge is -2.07. The third-order valence-corrected chi connectivity index (χ3v) is 3.59. The number of fused-ring (bicyclic) bond motifs is 1. The third kappa shape index (κ3) is 1.50. The second-order valence-corrected chi connectivity index (χ2v) is 7.01. The van der Waals surface area contributed by atoms with E-state index in [-0.39, 0.29) is 5.78 Å². The second kappa shape index (κ2) is 3.35. The molecule has 0 atom stereocenters. The molecule has 4 heteroatoms. The van der Waals surface area contributed by atoms with Gasteiger partial charge in [-0.1, -0.05) is 37.9 Å². The Morgan fingerprint density at radius 2 is 2.14 bits per heavy atom. The van der Waals surface area contributed by atoms with Crippen molar-refractivity contribution in [1.82, 2.24) is 0 Å². The van der Waals surface area contributed by atoms with Gasteiger partial charge in [0.2, 0.25) is 0 Å². The second-order valence-electron chi connectivity index (χ2n) is 3.23. The van der Waals surface area contributed by atoms with Crippen LogP contribution in [-0.2, 0) is 6.42 Å². The average molecular weight is 320 g/mol. The first-order chi connectivity index (χ1) is 6.54. The van der Waals surface area contributed by atoms with E-state index in [2.05, 4.69) is 31.9 Å². The van der Waals surface area contributed by atoms with Gasteiger partial charge in [-0.05, 0) is 17.7 Å². The predicted molar refractivity (Wildman–Crippen MR) is 61.6 cm³/mol. The van der Waals surface area contributed by atoms with Crippen LogP contribution in [0.1, 0.15) is 15.9 Å². The van der Waals surface area contributed by atoms with Crippen LogP contribution in [0.2, 0.25) is 0 Å². The van der Waals surface area contributed by atoms with Gasteiger partial charge in [0.05, 0.1) is 7.11 Å². The molecule has 0 saturated carbocycles. The van der Waals surface area contributed by atoms with Crippen LogP contribution in [0.4, 0.5) is 0 Å². The van der Waals surface area contributed by atoms with E-state index in [0.29, 0.717) is 6.42 Å². The van der Waals surface area contributed by atoms with E-state index in [1.165, 1.54) is 0 Å². The van der Waals surface area contributed by atoms with Gasteiger partial charge in [-0.25, -0.2) is 0 Å². The van der Waals surface area contributed by atoms with E-state index in [1.807, 2.05) is 12.1 Å². The molecule has 1 aliphatic rings. The molecule has 14 heavy (non-hydrogen) atoms. The molecule has 1 aromatic carbocycles. The highest BCUT2D eigenvalue weighted by molar-refractivity contribution is 9.26. The number of ether oxygens (including phenoxy) is 1. The van der Waals surface area contributed by atoms with Gasteiger partial charge >= 0.3 is 0 Å². The molecule has 0 saturated heterocycles. The minimum atomic E-state index is -0.616.